The van der Waals surface area contributed by atoms with Crippen molar-refractivity contribution in [2.45, 2.75) is 4.90 Å². The summed E-state index contributed by atoms with van der Waals surface area (Å²) in [4.78, 5) is 0.248. The van der Waals surface area contributed by atoms with Gasteiger partial charge in [0.25, 0.3) is 0 Å². The molecule has 13 heavy (non-hydrogen) atoms. The Balaban J connectivity index is 3.02. The Labute approximate surface area is 77.8 Å². The fourth-order valence-electron chi connectivity index (χ4n) is 0.906. The van der Waals surface area contributed by atoms with E-state index < -0.39 is 9.84 Å². The highest BCUT2D eigenvalue weighted by atomic mass is 32.2. The van der Waals surface area contributed by atoms with E-state index in [0.29, 0.717) is 0 Å². The Hall–Kier alpha value is -1.29. The molecule has 1 aromatic rings. The van der Waals surface area contributed by atoms with Gasteiger partial charge in [-0.25, -0.2) is 8.42 Å². The van der Waals surface area contributed by atoms with E-state index in [9.17, 15) is 8.42 Å². The number of hydrogen-bond acceptors (Lipinski definition) is 3. The molecule has 0 unspecified atom stereocenters. The zero-order valence-corrected chi connectivity index (χ0v) is 7.84. The third-order valence-corrected chi connectivity index (χ3v) is 3.16. The molecular formula is C9H10NO2S. The van der Waals surface area contributed by atoms with Gasteiger partial charge in [0.05, 0.1) is 10.6 Å². The van der Waals surface area contributed by atoms with E-state index in [1.54, 1.807) is 12.1 Å². The molecule has 0 saturated carbocycles. The quantitative estimate of drug-likeness (QED) is 0.775. The summed E-state index contributed by atoms with van der Waals surface area (Å²) >= 11 is 0. The lowest BCUT2D eigenvalue weighted by atomic mass is 10.4. The van der Waals surface area contributed by atoms with Crippen LogP contribution in [-0.2, 0) is 9.84 Å². The van der Waals surface area contributed by atoms with E-state index in [1.807, 2.05) is 0 Å². The first-order valence-corrected chi connectivity index (χ1v) is 5.30. The maximum absolute atomic E-state index is 11.5. The van der Waals surface area contributed by atoms with Crippen LogP contribution < -0.4 is 5.73 Å². The molecule has 0 atom stereocenters. The molecule has 1 aromatic carbocycles. The highest BCUT2D eigenvalue weighted by Gasteiger charge is 2.13. The van der Waals surface area contributed by atoms with Gasteiger partial charge in [-0.05, 0) is 18.2 Å². The molecule has 0 saturated heterocycles. The minimum Gasteiger partial charge on any atom is -0.402 e. The van der Waals surface area contributed by atoms with Crippen LogP contribution in [-0.4, -0.2) is 14.2 Å². The summed E-state index contributed by atoms with van der Waals surface area (Å²) in [5.41, 5.74) is 5.38. The molecule has 0 aliphatic carbocycles. The summed E-state index contributed by atoms with van der Waals surface area (Å²) in [6, 6.07) is 8.80. The van der Waals surface area contributed by atoms with Crippen LogP contribution in [0.1, 0.15) is 0 Å². The van der Waals surface area contributed by atoms with E-state index in [-0.39, 0.29) is 16.3 Å². The van der Waals surface area contributed by atoms with E-state index in [2.05, 4.69) is 12.6 Å². The van der Waals surface area contributed by atoms with Crippen LogP contribution >= 0.6 is 0 Å². The van der Waals surface area contributed by atoms with Crippen LogP contribution in [0.15, 0.2) is 41.4 Å². The van der Waals surface area contributed by atoms with Gasteiger partial charge in [0.15, 0.2) is 9.84 Å². The smallest absolute Gasteiger partial charge is 0.183 e. The van der Waals surface area contributed by atoms with Gasteiger partial charge in [-0.15, -0.1) is 0 Å². The lowest BCUT2D eigenvalue weighted by molar-refractivity contribution is 0.598. The second kappa shape index (κ2) is 3.62. The van der Waals surface area contributed by atoms with Crippen molar-refractivity contribution in [3.63, 3.8) is 0 Å². The fourth-order valence-corrected chi connectivity index (χ4v) is 2.11. The van der Waals surface area contributed by atoms with Crippen molar-refractivity contribution in [1.29, 1.82) is 0 Å². The van der Waals surface area contributed by atoms with Gasteiger partial charge in [0, 0.05) is 5.70 Å². The lowest BCUT2D eigenvalue weighted by Gasteiger charge is -2.02. The molecule has 0 aliphatic heterocycles. The highest BCUT2D eigenvalue weighted by molar-refractivity contribution is 7.91. The lowest BCUT2D eigenvalue weighted by Crippen LogP contribution is -2.12. The summed E-state index contributed by atoms with van der Waals surface area (Å²) in [5, 5.41) is 0. The van der Waals surface area contributed by atoms with Crippen LogP contribution in [0.5, 0.6) is 0 Å². The molecule has 0 aromatic heterocycles. The normalized spacial score (nSPS) is 11.1. The summed E-state index contributed by atoms with van der Waals surface area (Å²) in [7, 11) is -3.30. The van der Waals surface area contributed by atoms with Gasteiger partial charge < -0.3 is 5.73 Å². The summed E-state index contributed by atoms with van der Waals surface area (Å²) < 4.78 is 23.0. The van der Waals surface area contributed by atoms with E-state index in [0.717, 1.165) is 0 Å². The fraction of sp³-hybridized carbons (Fsp3) is 0.111. The van der Waals surface area contributed by atoms with Crippen molar-refractivity contribution in [2.75, 3.05) is 5.75 Å². The predicted molar refractivity (Wildman–Crippen MR) is 50.7 cm³/mol. The topological polar surface area (TPSA) is 60.2 Å². The van der Waals surface area contributed by atoms with Crippen molar-refractivity contribution in [3.05, 3.63) is 42.6 Å². The molecular weight excluding hydrogens is 186 g/mol. The molecule has 1 rings (SSSR count). The Morgan fingerprint density at radius 1 is 1.46 bits per heavy atom. The zero-order chi connectivity index (χ0) is 9.90. The molecule has 3 nitrogen and oxygen atoms in total. The average Bonchev–Trinajstić information content (AvgIpc) is 2.04. The van der Waals surface area contributed by atoms with E-state index in [4.69, 9.17) is 5.73 Å². The molecule has 0 spiro atoms. The second-order valence-electron chi connectivity index (χ2n) is 2.65. The first kappa shape index (κ1) is 9.80. The molecule has 1 radical (unpaired) electrons. The van der Waals surface area contributed by atoms with Crippen LogP contribution in [0, 0.1) is 6.07 Å². The minimum atomic E-state index is -3.30. The number of benzene rings is 1. The van der Waals surface area contributed by atoms with E-state index in [1.165, 1.54) is 12.1 Å². The van der Waals surface area contributed by atoms with Gasteiger partial charge >= 0.3 is 0 Å². The first-order chi connectivity index (χ1) is 6.02. The Bertz CT molecular complexity index is 395. The van der Waals surface area contributed by atoms with Crippen LogP contribution in [0.25, 0.3) is 0 Å². The Morgan fingerprint density at radius 3 is 2.46 bits per heavy atom. The van der Waals surface area contributed by atoms with Crippen LogP contribution in [0.2, 0.25) is 0 Å². The van der Waals surface area contributed by atoms with Crippen molar-refractivity contribution in [1.82, 2.24) is 0 Å². The number of sulfone groups is 1. The van der Waals surface area contributed by atoms with Gasteiger partial charge in [0.1, 0.15) is 0 Å². The molecule has 0 aliphatic rings. The number of nitrogens with two attached hydrogens (primary N) is 1. The average molecular weight is 196 g/mol. The zero-order valence-electron chi connectivity index (χ0n) is 7.03. The van der Waals surface area contributed by atoms with Crippen LogP contribution in [0.3, 0.4) is 0 Å². The molecule has 0 bridgehead atoms. The SMILES string of the molecule is C=C(N)CS(=O)(=O)c1cc[c]cc1. The first-order valence-electron chi connectivity index (χ1n) is 3.64. The minimum absolute atomic E-state index is 0.146. The Morgan fingerprint density at radius 2 is 2.00 bits per heavy atom. The Kier molecular flexibility index (Phi) is 2.72. The number of hydrogen-bond donors (Lipinski definition) is 1. The van der Waals surface area contributed by atoms with Crippen molar-refractivity contribution < 1.29 is 8.42 Å². The maximum Gasteiger partial charge on any atom is 0.183 e. The van der Waals surface area contributed by atoms with Gasteiger partial charge in [-0.1, -0.05) is 18.7 Å². The maximum atomic E-state index is 11.5. The second-order valence-corrected chi connectivity index (χ2v) is 4.64. The molecule has 4 heteroatoms. The van der Waals surface area contributed by atoms with Gasteiger partial charge in [-0.3, -0.25) is 0 Å². The molecule has 69 valence electrons. The van der Waals surface area contributed by atoms with Crippen molar-refractivity contribution >= 4 is 9.84 Å². The molecule has 0 fully saturated rings. The third kappa shape index (κ3) is 2.59. The predicted octanol–water partition coefficient (Wildman–Crippen LogP) is 0.733. The van der Waals surface area contributed by atoms with Gasteiger partial charge in [-0.2, -0.15) is 0 Å². The highest BCUT2D eigenvalue weighted by Crippen LogP contribution is 2.10. The standard InChI is InChI=1S/C9H10NO2S/c1-8(10)7-13(11,12)9-5-3-2-4-6-9/h3-6H,1,7,10H2. The molecule has 0 amide bonds. The summed E-state index contributed by atoms with van der Waals surface area (Å²) in [5.74, 6) is -0.211. The van der Waals surface area contributed by atoms with Gasteiger partial charge in [0.2, 0.25) is 0 Å². The summed E-state index contributed by atoms with van der Waals surface area (Å²) in [6.07, 6.45) is 0. The molecule has 2 N–H and O–H groups in total. The number of rotatable bonds is 3. The van der Waals surface area contributed by atoms with Crippen molar-refractivity contribution in [3.8, 4) is 0 Å². The van der Waals surface area contributed by atoms with Crippen molar-refractivity contribution in [2.24, 2.45) is 5.73 Å². The third-order valence-electron chi connectivity index (χ3n) is 1.42. The molecule has 0 heterocycles. The van der Waals surface area contributed by atoms with Crippen LogP contribution in [0.4, 0.5) is 0 Å². The summed E-state index contributed by atoms with van der Waals surface area (Å²) in [6.45, 7) is 3.36. The van der Waals surface area contributed by atoms with E-state index >= 15 is 0 Å². The largest absolute Gasteiger partial charge is 0.402 e. The monoisotopic (exact) mass is 196 g/mol.